The van der Waals surface area contributed by atoms with Gasteiger partial charge in [-0.3, -0.25) is 0 Å². The second-order valence-corrected chi connectivity index (χ2v) is 5.13. The van der Waals surface area contributed by atoms with Crippen molar-refractivity contribution in [2.75, 3.05) is 24.7 Å². The molecule has 3 rings (SSSR count). The molecule has 0 aliphatic rings. The highest BCUT2D eigenvalue weighted by Gasteiger charge is 2.15. The first kappa shape index (κ1) is 14.1. The van der Waals surface area contributed by atoms with E-state index in [2.05, 4.69) is 10.3 Å². The lowest BCUT2D eigenvalue weighted by molar-refractivity contribution is 0.608. The molecular formula is C16H16FN5. The fourth-order valence-corrected chi connectivity index (χ4v) is 2.21. The highest BCUT2D eigenvalue weighted by Crippen LogP contribution is 2.27. The average Bonchev–Trinajstić information content (AvgIpc) is 2.89. The predicted octanol–water partition coefficient (Wildman–Crippen LogP) is 2.72. The maximum atomic E-state index is 13.9. The molecule has 0 unspecified atom stereocenters. The molecule has 6 heteroatoms. The maximum absolute atomic E-state index is 13.9. The van der Waals surface area contributed by atoms with Crippen LogP contribution in [0.15, 0.2) is 48.5 Å². The van der Waals surface area contributed by atoms with E-state index in [1.165, 1.54) is 10.7 Å². The van der Waals surface area contributed by atoms with Crippen LogP contribution in [0.25, 0.3) is 16.9 Å². The van der Waals surface area contributed by atoms with Crippen molar-refractivity contribution in [2.45, 2.75) is 0 Å². The largest absolute Gasteiger partial charge is 0.382 e. The number of aromatic nitrogens is 3. The van der Waals surface area contributed by atoms with Gasteiger partial charge in [-0.25, -0.2) is 4.39 Å². The predicted molar refractivity (Wildman–Crippen MR) is 85.5 cm³/mol. The Morgan fingerprint density at radius 2 is 1.73 bits per heavy atom. The van der Waals surface area contributed by atoms with Gasteiger partial charge >= 0.3 is 0 Å². The Morgan fingerprint density at radius 1 is 1.05 bits per heavy atom. The molecule has 0 aliphatic carbocycles. The molecule has 0 spiro atoms. The van der Waals surface area contributed by atoms with Crippen LogP contribution in [-0.4, -0.2) is 29.1 Å². The minimum absolute atomic E-state index is 0.281. The van der Waals surface area contributed by atoms with Gasteiger partial charge in [-0.2, -0.15) is 4.68 Å². The Balaban J connectivity index is 2.02. The molecular weight excluding hydrogens is 281 g/mol. The third-order valence-electron chi connectivity index (χ3n) is 3.44. The number of rotatable bonds is 3. The fourth-order valence-electron chi connectivity index (χ4n) is 2.21. The first-order chi connectivity index (χ1) is 10.6. The van der Waals surface area contributed by atoms with Gasteiger partial charge in [0.1, 0.15) is 17.2 Å². The molecule has 1 heterocycles. The second-order valence-electron chi connectivity index (χ2n) is 5.13. The summed E-state index contributed by atoms with van der Waals surface area (Å²) in [6.45, 7) is 0. The minimum Gasteiger partial charge on any atom is -0.382 e. The number of hydrogen-bond donors (Lipinski definition) is 1. The third kappa shape index (κ3) is 2.39. The standard InChI is InChI=1S/C16H16FN5/c1-21(2)12-9-7-11(8-10-12)15-16(18)22(20-19-15)14-6-4-3-5-13(14)17/h3-10H,18H2,1-2H3. The highest BCUT2D eigenvalue weighted by atomic mass is 19.1. The first-order valence-corrected chi connectivity index (χ1v) is 6.82. The fraction of sp³-hybridized carbons (Fsp3) is 0.125. The van der Waals surface area contributed by atoms with Crippen LogP contribution in [0.1, 0.15) is 0 Å². The van der Waals surface area contributed by atoms with Crippen molar-refractivity contribution in [1.82, 2.24) is 15.0 Å². The van der Waals surface area contributed by atoms with E-state index >= 15 is 0 Å². The van der Waals surface area contributed by atoms with Crippen molar-refractivity contribution >= 4 is 11.5 Å². The van der Waals surface area contributed by atoms with Gasteiger partial charge in [0.15, 0.2) is 5.82 Å². The van der Waals surface area contributed by atoms with Gasteiger partial charge < -0.3 is 10.6 Å². The highest BCUT2D eigenvalue weighted by molar-refractivity contribution is 5.72. The van der Waals surface area contributed by atoms with E-state index in [1.54, 1.807) is 18.2 Å². The Labute approximate surface area is 127 Å². The molecule has 2 N–H and O–H groups in total. The number of nitrogens with two attached hydrogens (primary N) is 1. The number of nitrogens with zero attached hydrogens (tertiary/aromatic N) is 4. The van der Waals surface area contributed by atoms with Crippen LogP contribution < -0.4 is 10.6 Å². The number of hydrogen-bond acceptors (Lipinski definition) is 4. The molecule has 0 saturated carbocycles. The van der Waals surface area contributed by atoms with E-state index in [-0.39, 0.29) is 5.69 Å². The molecule has 1 aromatic heterocycles. The smallest absolute Gasteiger partial charge is 0.156 e. The summed E-state index contributed by atoms with van der Waals surface area (Å²) in [5, 5.41) is 8.06. The van der Waals surface area contributed by atoms with Crippen LogP contribution >= 0.6 is 0 Å². The Hall–Kier alpha value is -2.89. The first-order valence-electron chi connectivity index (χ1n) is 6.82. The van der Waals surface area contributed by atoms with Gasteiger partial charge in [0, 0.05) is 25.3 Å². The normalized spacial score (nSPS) is 10.7. The van der Waals surface area contributed by atoms with Crippen LogP contribution in [0, 0.1) is 5.82 Å². The number of benzene rings is 2. The zero-order valence-corrected chi connectivity index (χ0v) is 12.4. The molecule has 0 bridgehead atoms. The summed E-state index contributed by atoms with van der Waals surface area (Å²) in [5.74, 6) is -0.0868. The van der Waals surface area contributed by atoms with E-state index in [0.29, 0.717) is 11.5 Å². The molecule has 3 aromatic rings. The van der Waals surface area contributed by atoms with Gasteiger partial charge in [-0.1, -0.05) is 29.5 Å². The molecule has 22 heavy (non-hydrogen) atoms. The van der Waals surface area contributed by atoms with Crippen molar-refractivity contribution in [2.24, 2.45) is 0 Å². The lowest BCUT2D eigenvalue weighted by Crippen LogP contribution is -2.08. The summed E-state index contributed by atoms with van der Waals surface area (Å²) >= 11 is 0. The van der Waals surface area contributed by atoms with E-state index in [4.69, 9.17) is 5.73 Å². The van der Waals surface area contributed by atoms with Gasteiger partial charge in [0.05, 0.1) is 0 Å². The van der Waals surface area contributed by atoms with E-state index in [0.717, 1.165) is 11.3 Å². The topological polar surface area (TPSA) is 60.0 Å². The minimum atomic E-state index is -0.395. The lowest BCUT2D eigenvalue weighted by Gasteiger charge is -2.12. The zero-order chi connectivity index (χ0) is 15.7. The molecule has 0 amide bonds. The van der Waals surface area contributed by atoms with Crippen molar-refractivity contribution in [3.8, 4) is 16.9 Å². The van der Waals surface area contributed by atoms with E-state index in [1.807, 2.05) is 43.3 Å². The summed E-state index contributed by atoms with van der Waals surface area (Å²) in [6.07, 6.45) is 0. The molecule has 0 atom stereocenters. The zero-order valence-electron chi connectivity index (χ0n) is 12.4. The van der Waals surface area contributed by atoms with Crippen LogP contribution in [-0.2, 0) is 0 Å². The quantitative estimate of drug-likeness (QED) is 0.807. The SMILES string of the molecule is CN(C)c1ccc(-c2nnn(-c3ccccc3F)c2N)cc1. The monoisotopic (exact) mass is 297 g/mol. The van der Waals surface area contributed by atoms with Gasteiger partial charge in [-0.05, 0) is 24.3 Å². The van der Waals surface area contributed by atoms with Gasteiger partial charge in [0.25, 0.3) is 0 Å². The van der Waals surface area contributed by atoms with Gasteiger partial charge in [-0.15, -0.1) is 5.10 Å². The molecule has 0 fully saturated rings. The number of para-hydroxylation sites is 1. The Morgan fingerprint density at radius 3 is 2.36 bits per heavy atom. The van der Waals surface area contributed by atoms with Crippen LogP contribution in [0.4, 0.5) is 15.9 Å². The van der Waals surface area contributed by atoms with Crippen molar-refractivity contribution in [3.05, 3.63) is 54.3 Å². The molecule has 0 aliphatic heterocycles. The summed E-state index contributed by atoms with van der Waals surface area (Å²) in [6, 6.07) is 14.1. The van der Waals surface area contributed by atoms with Crippen LogP contribution in [0.3, 0.4) is 0 Å². The van der Waals surface area contributed by atoms with Crippen molar-refractivity contribution < 1.29 is 4.39 Å². The number of anilines is 2. The molecule has 0 saturated heterocycles. The van der Waals surface area contributed by atoms with E-state index < -0.39 is 5.82 Å². The Kier molecular flexibility index (Phi) is 3.50. The summed E-state index contributed by atoms with van der Waals surface area (Å²) in [7, 11) is 3.94. The molecule has 5 nitrogen and oxygen atoms in total. The van der Waals surface area contributed by atoms with E-state index in [9.17, 15) is 4.39 Å². The third-order valence-corrected chi connectivity index (χ3v) is 3.44. The average molecular weight is 297 g/mol. The summed E-state index contributed by atoms with van der Waals surface area (Å²) < 4.78 is 15.2. The molecule has 112 valence electrons. The molecule has 2 aromatic carbocycles. The Bertz CT molecular complexity index is 793. The molecule has 0 radical (unpaired) electrons. The van der Waals surface area contributed by atoms with Crippen LogP contribution in [0.5, 0.6) is 0 Å². The van der Waals surface area contributed by atoms with Crippen LogP contribution in [0.2, 0.25) is 0 Å². The van der Waals surface area contributed by atoms with Crippen molar-refractivity contribution in [3.63, 3.8) is 0 Å². The second kappa shape index (κ2) is 5.48. The number of halogens is 1. The lowest BCUT2D eigenvalue weighted by atomic mass is 10.1. The van der Waals surface area contributed by atoms with Gasteiger partial charge in [0.2, 0.25) is 0 Å². The maximum Gasteiger partial charge on any atom is 0.156 e. The van der Waals surface area contributed by atoms with Crippen molar-refractivity contribution in [1.29, 1.82) is 0 Å². The summed E-state index contributed by atoms with van der Waals surface area (Å²) in [5.41, 5.74) is 8.82. The summed E-state index contributed by atoms with van der Waals surface area (Å²) in [4.78, 5) is 2.00. The number of nitrogen functional groups attached to an aromatic ring is 1.